The maximum atomic E-state index is 13.1. The van der Waals surface area contributed by atoms with Crippen molar-refractivity contribution in [1.29, 1.82) is 0 Å². The third-order valence-electron chi connectivity index (χ3n) is 3.13. The molecule has 0 radical (unpaired) electrons. The van der Waals surface area contributed by atoms with Gasteiger partial charge in [-0.05, 0) is 12.5 Å². The normalized spacial score (nSPS) is 19.4. The molecule has 5 nitrogen and oxygen atoms in total. The van der Waals surface area contributed by atoms with E-state index in [1.54, 1.807) is 6.20 Å². The minimum atomic E-state index is -0.355. The molecule has 0 aromatic carbocycles. The van der Waals surface area contributed by atoms with E-state index >= 15 is 0 Å². The second kappa shape index (κ2) is 4.38. The third-order valence-corrected chi connectivity index (χ3v) is 3.13. The number of aromatic nitrogens is 3. The summed E-state index contributed by atoms with van der Waals surface area (Å²) in [6.07, 6.45) is 3.76. The SMILES string of the molecule is NC1CCN(c2cc(-c3cncc(F)c3)[nH]n2)C1. The first kappa shape index (κ1) is 11.2. The number of halogens is 1. The van der Waals surface area contributed by atoms with Gasteiger partial charge >= 0.3 is 0 Å². The second-order valence-electron chi connectivity index (χ2n) is 4.53. The van der Waals surface area contributed by atoms with Crippen molar-refractivity contribution in [3.8, 4) is 11.3 Å². The van der Waals surface area contributed by atoms with E-state index in [-0.39, 0.29) is 11.9 Å². The number of nitrogens with zero attached hydrogens (tertiary/aromatic N) is 3. The van der Waals surface area contributed by atoms with Crippen LogP contribution in [0.3, 0.4) is 0 Å². The van der Waals surface area contributed by atoms with Crippen molar-refractivity contribution in [2.45, 2.75) is 12.5 Å². The van der Waals surface area contributed by atoms with E-state index in [0.29, 0.717) is 5.56 Å². The molecular weight excluding hydrogens is 233 g/mol. The van der Waals surface area contributed by atoms with E-state index < -0.39 is 0 Å². The monoisotopic (exact) mass is 247 g/mol. The molecule has 3 rings (SSSR count). The number of rotatable bonds is 2. The van der Waals surface area contributed by atoms with E-state index in [1.165, 1.54) is 12.3 Å². The lowest BCUT2D eigenvalue weighted by Gasteiger charge is -2.13. The highest BCUT2D eigenvalue weighted by molar-refractivity contribution is 5.62. The first-order chi connectivity index (χ1) is 8.72. The molecule has 1 atom stereocenters. The number of hydrogen-bond donors (Lipinski definition) is 2. The molecule has 3 N–H and O–H groups in total. The lowest BCUT2D eigenvalue weighted by Crippen LogP contribution is -2.26. The number of aromatic amines is 1. The fourth-order valence-corrected chi connectivity index (χ4v) is 2.18. The predicted octanol–water partition coefficient (Wildman–Crippen LogP) is 1.15. The van der Waals surface area contributed by atoms with Crippen LogP contribution in [0.25, 0.3) is 11.3 Å². The quantitative estimate of drug-likeness (QED) is 0.835. The smallest absolute Gasteiger partial charge is 0.151 e. The molecule has 3 heterocycles. The lowest BCUT2D eigenvalue weighted by atomic mass is 10.2. The molecule has 0 saturated carbocycles. The Kier molecular flexibility index (Phi) is 2.71. The van der Waals surface area contributed by atoms with Gasteiger partial charge < -0.3 is 10.6 Å². The van der Waals surface area contributed by atoms with E-state index in [9.17, 15) is 4.39 Å². The first-order valence-electron chi connectivity index (χ1n) is 5.89. The van der Waals surface area contributed by atoms with Crippen LogP contribution < -0.4 is 10.6 Å². The summed E-state index contributed by atoms with van der Waals surface area (Å²) < 4.78 is 13.1. The Morgan fingerprint density at radius 2 is 2.28 bits per heavy atom. The maximum Gasteiger partial charge on any atom is 0.151 e. The van der Waals surface area contributed by atoms with Gasteiger partial charge in [-0.1, -0.05) is 0 Å². The summed E-state index contributed by atoms with van der Waals surface area (Å²) in [5.74, 6) is 0.494. The van der Waals surface area contributed by atoms with Crippen LogP contribution in [0, 0.1) is 5.82 Å². The van der Waals surface area contributed by atoms with E-state index in [2.05, 4.69) is 20.1 Å². The van der Waals surface area contributed by atoms with Crippen LogP contribution in [0.4, 0.5) is 10.2 Å². The first-order valence-corrected chi connectivity index (χ1v) is 5.89. The fourth-order valence-electron chi connectivity index (χ4n) is 2.18. The topological polar surface area (TPSA) is 70.8 Å². The molecule has 0 spiro atoms. The summed E-state index contributed by atoms with van der Waals surface area (Å²) in [7, 11) is 0. The Balaban J connectivity index is 1.85. The molecular formula is C12H14FN5. The highest BCUT2D eigenvalue weighted by Gasteiger charge is 2.21. The summed E-state index contributed by atoms with van der Waals surface area (Å²) in [4.78, 5) is 5.95. The van der Waals surface area contributed by atoms with Gasteiger partial charge in [0.25, 0.3) is 0 Å². The van der Waals surface area contributed by atoms with Gasteiger partial charge in [0.2, 0.25) is 0 Å². The Labute approximate surface area is 104 Å². The number of anilines is 1. The largest absolute Gasteiger partial charge is 0.354 e. The van der Waals surface area contributed by atoms with Crippen LogP contribution in [-0.2, 0) is 0 Å². The van der Waals surface area contributed by atoms with Crippen molar-refractivity contribution in [2.24, 2.45) is 5.73 Å². The molecule has 2 aromatic heterocycles. The molecule has 18 heavy (non-hydrogen) atoms. The van der Waals surface area contributed by atoms with Crippen LogP contribution >= 0.6 is 0 Å². The summed E-state index contributed by atoms with van der Waals surface area (Å²) in [6, 6.07) is 3.54. The van der Waals surface area contributed by atoms with Gasteiger partial charge in [0.05, 0.1) is 11.9 Å². The molecule has 1 aliphatic rings. The number of H-pyrrole nitrogens is 1. The van der Waals surface area contributed by atoms with E-state index in [0.717, 1.165) is 31.0 Å². The lowest BCUT2D eigenvalue weighted by molar-refractivity contribution is 0.622. The van der Waals surface area contributed by atoms with Crippen molar-refractivity contribution in [2.75, 3.05) is 18.0 Å². The molecule has 0 bridgehead atoms. The van der Waals surface area contributed by atoms with Gasteiger partial charge in [-0.25, -0.2) is 4.39 Å². The van der Waals surface area contributed by atoms with Crippen LogP contribution in [0.2, 0.25) is 0 Å². The van der Waals surface area contributed by atoms with Crippen molar-refractivity contribution in [3.63, 3.8) is 0 Å². The second-order valence-corrected chi connectivity index (χ2v) is 4.53. The fraction of sp³-hybridized carbons (Fsp3) is 0.333. The Morgan fingerprint density at radius 3 is 3.00 bits per heavy atom. The molecule has 0 amide bonds. The van der Waals surface area contributed by atoms with Crippen molar-refractivity contribution in [3.05, 3.63) is 30.3 Å². The molecule has 6 heteroatoms. The van der Waals surface area contributed by atoms with Crippen molar-refractivity contribution >= 4 is 5.82 Å². The van der Waals surface area contributed by atoms with Gasteiger partial charge in [-0.15, -0.1) is 0 Å². The molecule has 1 aliphatic heterocycles. The highest BCUT2D eigenvalue weighted by atomic mass is 19.1. The average Bonchev–Trinajstić information content (AvgIpc) is 2.97. The van der Waals surface area contributed by atoms with E-state index in [1.807, 2.05) is 6.07 Å². The van der Waals surface area contributed by atoms with E-state index in [4.69, 9.17) is 5.73 Å². The number of hydrogen-bond acceptors (Lipinski definition) is 4. The zero-order valence-corrected chi connectivity index (χ0v) is 9.81. The summed E-state index contributed by atoms with van der Waals surface area (Å²) >= 11 is 0. The molecule has 0 aliphatic carbocycles. The number of pyridine rings is 1. The minimum Gasteiger partial charge on any atom is -0.354 e. The zero-order valence-electron chi connectivity index (χ0n) is 9.81. The van der Waals surface area contributed by atoms with Crippen LogP contribution in [0.15, 0.2) is 24.5 Å². The standard InChI is InChI=1S/C12H14FN5/c13-9-3-8(5-15-6-9)11-4-12(17-16-11)18-2-1-10(14)7-18/h3-6,10H,1-2,7,14H2,(H,16,17). The summed E-state index contributed by atoms with van der Waals surface area (Å²) in [6.45, 7) is 1.72. The van der Waals surface area contributed by atoms with Crippen molar-refractivity contribution < 1.29 is 4.39 Å². The molecule has 1 fully saturated rings. The van der Waals surface area contributed by atoms with Crippen LogP contribution in [0.1, 0.15) is 6.42 Å². The zero-order chi connectivity index (χ0) is 12.5. The maximum absolute atomic E-state index is 13.1. The number of nitrogens with two attached hydrogens (primary N) is 1. The summed E-state index contributed by atoms with van der Waals surface area (Å²) in [5.41, 5.74) is 7.31. The molecule has 1 unspecified atom stereocenters. The van der Waals surface area contributed by atoms with Crippen molar-refractivity contribution in [1.82, 2.24) is 15.2 Å². The van der Waals surface area contributed by atoms with Gasteiger partial charge in [0.15, 0.2) is 5.82 Å². The molecule has 1 saturated heterocycles. The predicted molar refractivity (Wildman–Crippen MR) is 66.6 cm³/mol. The molecule has 2 aromatic rings. The Bertz CT molecular complexity index is 553. The van der Waals surface area contributed by atoms with Crippen LogP contribution in [0.5, 0.6) is 0 Å². The third kappa shape index (κ3) is 2.06. The minimum absolute atomic E-state index is 0.209. The average molecular weight is 247 g/mol. The van der Waals surface area contributed by atoms with Crippen LogP contribution in [-0.4, -0.2) is 34.3 Å². The summed E-state index contributed by atoms with van der Waals surface area (Å²) in [5, 5.41) is 7.14. The Morgan fingerprint density at radius 1 is 1.39 bits per heavy atom. The molecule has 94 valence electrons. The Hall–Kier alpha value is -1.95. The highest BCUT2D eigenvalue weighted by Crippen LogP contribution is 2.23. The van der Waals surface area contributed by atoms with Gasteiger partial charge in [-0.3, -0.25) is 10.1 Å². The van der Waals surface area contributed by atoms with Gasteiger partial charge in [-0.2, -0.15) is 5.10 Å². The van der Waals surface area contributed by atoms with Gasteiger partial charge in [0, 0.05) is 37.0 Å². The number of nitrogens with one attached hydrogen (secondary N) is 1. The van der Waals surface area contributed by atoms with Gasteiger partial charge in [0.1, 0.15) is 5.82 Å².